The molecule has 0 aliphatic carbocycles. The lowest BCUT2D eigenvalue weighted by Crippen LogP contribution is -2.25. The number of halogens is 1. The monoisotopic (exact) mass is 548 g/mol. The maximum Gasteiger partial charge on any atom is 0.262 e. The van der Waals surface area contributed by atoms with Crippen molar-refractivity contribution in [2.45, 2.75) is 24.1 Å². The molecule has 0 unspecified atom stereocenters. The van der Waals surface area contributed by atoms with Gasteiger partial charge in [-0.1, -0.05) is 41.6 Å². The van der Waals surface area contributed by atoms with E-state index in [0.29, 0.717) is 22.3 Å². The Morgan fingerprint density at radius 2 is 1.74 bits per heavy atom. The van der Waals surface area contributed by atoms with Crippen molar-refractivity contribution in [1.82, 2.24) is 5.01 Å². The van der Waals surface area contributed by atoms with Crippen molar-refractivity contribution in [3.8, 4) is 11.5 Å². The van der Waals surface area contributed by atoms with E-state index in [2.05, 4.69) is 10.3 Å². The highest BCUT2D eigenvalue weighted by Gasteiger charge is 2.39. The summed E-state index contributed by atoms with van der Waals surface area (Å²) in [5.74, 6) is 0.872. The quantitative estimate of drug-likeness (QED) is 0.417. The van der Waals surface area contributed by atoms with Crippen LogP contribution in [0.3, 0.4) is 0 Å². The number of benzene rings is 3. The zero-order chi connectivity index (χ0) is 26.6. The smallest absolute Gasteiger partial charge is 0.262 e. The zero-order valence-electron chi connectivity index (χ0n) is 20.8. The molecule has 3 aromatic rings. The first kappa shape index (κ1) is 25.8. The molecule has 0 aromatic heterocycles. The standard InChI is InChI=1S/C28H25ClN4O4S/c1-36-21-10-6-17(7-11-21)23-15-24(18-8-12-22(37-2)13-9-18)33(32-23)28-31-27(35)25(38-28)16-26(34)30-20-5-3-4-19(29)14-20/h3-14,24-25H,15-16H2,1-2H3,(H,30,34)/t24-,25-/m1/s1. The van der Waals surface area contributed by atoms with E-state index < -0.39 is 5.25 Å². The van der Waals surface area contributed by atoms with Gasteiger partial charge in [0.25, 0.3) is 5.91 Å². The number of hydrogen-bond donors (Lipinski definition) is 1. The van der Waals surface area contributed by atoms with Crippen LogP contribution < -0.4 is 14.8 Å². The summed E-state index contributed by atoms with van der Waals surface area (Å²) < 4.78 is 10.6. The van der Waals surface area contributed by atoms with Crippen molar-refractivity contribution in [3.63, 3.8) is 0 Å². The predicted octanol–water partition coefficient (Wildman–Crippen LogP) is 5.54. The summed E-state index contributed by atoms with van der Waals surface area (Å²) in [6.07, 6.45) is 0.603. The molecule has 3 aromatic carbocycles. The maximum absolute atomic E-state index is 12.8. The van der Waals surface area contributed by atoms with Crippen LogP contribution in [0.1, 0.15) is 30.0 Å². The summed E-state index contributed by atoms with van der Waals surface area (Å²) in [6, 6.07) is 22.2. The lowest BCUT2D eigenvalue weighted by atomic mass is 9.98. The molecular weight excluding hydrogens is 524 g/mol. The molecule has 0 spiro atoms. The maximum atomic E-state index is 12.8. The minimum atomic E-state index is -0.638. The fourth-order valence-corrected chi connectivity index (χ4v) is 5.53. The van der Waals surface area contributed by atoms with E-state index in [1.807, 2.05) is 48.5 Å². The first-order valence-corrected chi connectivity index (χ1v) is 13.2. The number of hydrazone groups is 1. The first-order valence-electron chi connectivity index (χ1n) is 11.9. The molecule has 1 N–H and O–H groups in total. The lowest BCUT2D eigenvalue weighted by molar-refractivity contribution is -0.121. The molecule has 194 valence electrons. The normalized spacial score (nSPS) is 18.7. The Bertz CT molecular complexity index is 1410. The number of thioether (sulfide) groups is 1. The number of nitrogens with zero attached hydrogens (tertiary/aromatic N) is 3. The molecule has 0 saturated carbocycles. The number of aliphatic imine (C=N–C) groups is 1. The van der Waals surface area contributed by atoms with Gasteiger partial charge in [0, 0.05) is 23.6 Å². The van der Waals surface area contributed by atoms with Gasteiger partial charge in [0.1, 0.15) is 16.7 Å². The number of rotatable bonds is 7. The van der Waals surface area contributed by atoms with E-state index in [-0.39, 0.29) is 24.3 Å². The second kappa shape index (κ2) is 11.3. The molecule has 2 aliphatic rings. The van der Waals surface area contributed by atoms with Crippen molar-refractivity contribution in [2.75, 3.05) is 19.5 Å². The summed E-state index contributed by atoms with van der Waals surface area (Å²) >= 11 is 7.26. The largest absolute Gasteiger partial charge is 0.497 e. The molecule has 0 radical (unpaired) electrons. The van der Waals surface area contributed by atoms with Crippen LogP contribution in [0.25, 0.3) is 0 Å². The average Bonchev–Trinajstić information content (AvgIpc) is 3.52. The Balaban J connectivity index is 1.36. The number of nitrogens with one attached hydrogen (secondary N) is 1. The number of carbonyl (C=O) groups excluding carboxylic acids is 2. The molecule has 0 saturated heterocycles. The molecule has 2 heterocycles. The van der Waals surface area contributed by atoms with Gasteiger partial charge in [0.15, 0.2) is 5.17 Å². The summed E-state index contributed by atoms with van der Waals surface area (Å²) in [4.78, 5) is 29.8. The molecule has 10 heteroatoms. The van der Waals surface area contributed by atoms with Crippen molar-refractivity contribution in [3.05, 3.63) is 88.9 Å². The van der Waals surface area contributed by atoms with Crippen LogP contribution in [-0.2, 0) is 9.59 Å². The summed E-state index contributed by atoms with van der Waals surface area (Å²) in [5, 5.41) is 9.82. The van der Waals surface area contributed by atoms with Gasteiger partial charge in [0.05, 0.1) is 26.0 Å². The zero-order valence-corrected chi connectivity index (χ0v) is 22.3. The van der Waals surface area contributed by atoms with Crippen LogP contribution in [0.5, 0.6) is 11.5 Å². The van der Waals surface area contributed by atoms with E-state index >= 15 is 0 Å². The Kier molecular flexibility index (Phi) is 7.67. The van der Waals surface area contributed by atoms with Crippen molar-refractivity contribution >= 4 is 51.7 Å². The third kappa shape index (κ3) is 5.69. The molecular formula is C28H25ClN4O4S. The van der Waals surface area contributed by atoms with Gasteiger partial charge in [-0.3, -0.25) is 9.59 Å². The van der Waals surface area contributed by atoms with E-state index in [1.165, 1.54) is 11.8 Å². The third-order valence-corrected chi connectivity index (χ3v) is 7.62. The van der Waals surface area contributed by atoms with Gasteiger partial charge in [-0.05, 0) is 65.7 Å². The Morgan fingerprint density at radius 3 is 2.39 bits per heavy atom. The van der Waals surface area contributed by atoms with Gasteiger partial charge in [-0.15, -0.1) is 0 Å². The number of methoxy groups -OCH3 is 2. The van der Waals surface area contributed by atoms with Crippen LogP contribution in [0.15, 0.2) is 82.9 Å². The molecule has 2 amide bonds. The van der Waals surface area contributed by atoms with Crippen molar-refractivity contribution in [2.24, 2.45) is 10.1 Å². The second-order valence-corrected chi connectivity index (χ2v) is 10.3. The fraction of sp³-hybridized carbons (Fsp3) is 0.214. The summed E-state index contributed by atoms with van der Waals surface area (Å²) in [5.41, 5.74) is 3.41. The molecule has 2 aliphatic heterocycles. The van der Waals surface area contributed by atoms with Crippen molar-refractivity contribution < 1.29 is 19.1 Å². The molecule has 2 atom stereocenters. The highest BCUT2D eigenvalue weighted by atomic mass is 35.5. The van der Waals surface area contributed by atoms with E-state index in [1.54, 1.807) is 43.5 Å². The highest BCUT2D eigenvalue weighted by Crippen LogP contribution is 2.39. The van der Waals surface area contributed by atoms with E-state index in [4.69, 9.17) is 26.2 Å². The van der Waals surface area contributed by atoms with Gasteiger partial charge >= 0.3 is 0 Å². The van der Waals surface area contributed by atoms with Crippen LogP contribution >= 0.6 is 23.4 Å². The molecule has 8 nitrogen and oxygen atoms in total. The van der Waals surface area contributed by atoms with Crippen LogP contribution in [-0.4, -0.2) is 47.2 Å². The average molecular weight is 549 g/mol. The first-order chi connectivity index (χ1) is 18.4. The summed E-state index contributed by atoms with van der Waals surface area (Å²) in [6.45, 7) is 0. The third-order valence-electron chi connectivity index (χ3n) is 6.24. The number of hydrogen-bond acceptors (Lipinski definition) is 7. The predicted molar refractivity (Wildman–Crippen MR) is 150 cm³/mol. The van der Waals surface area contributed by atoms with Gasteiger partial charge in [-0.2, -0.15) is 10.1 Å². The van der Waals surface area contributed by atoms with Gasteiger partial charge in [-0.25, -0.2) is 5.01 Å². The van der Waals surface area contributed by atoms with Gasteiger partial charge in [0.2, 0.25) is 5.91 Å². The molecule has 38 heavy (non-hydrogen) atoms. The van der Waals surface area contributed by atoms with Gasteiger partial charge < -0.3 is 14.8 Å². The summed E-state index contributed by atoms with van der Waals surface area (Å²) in [7, 11) is 3.25. The second-order valence-electron chi connectivity index (χ2n) is 8.71. The SMILES string of the molecule is COc1ccc(C2=NN(C3=NC(=O)[C@@H](CC(=O)Nc4cccc(Cl)c4)S3)[C@@H](c3ccc(OC)cc3)C2)cc1. The van der Waals surface area contributed by atoms with Crippen LogP contribution in [0.2, 0.25) is 5.02 Å². The molecule has 0 bridgehead atoms. The number of amidine groups is 1. The Labute approximate surface area is 229 Å². The fourth-order valence-electron chi connectivity index (χ4n) is 4.28. The topological polar surface area (TPSA) is 92.6 Å². The lowest BCUT2D eigenvalue weighted by Gasteiger charge is -2.23. The Hall–Kier alpha value is -3.82. The molecule has 5 rings (SSSR count). The highest BCUT2D eigenvalue weighted by molar-refractivity contribution is 8.15. The minimum Gasteiger partial charge on any atom is -0.497 e. The Morgan fingerprint density at radius 1 is 1.05 bits per heavy atom. The number of amides is 2. The number of anilines is 1. The minimum absolute atomic E-state index is 0.0148. The van der Waals surface area contributed by atoms with Crippen LogP contribution in [0, 0.1) is 0 Å². The number of carbonyl (C=O) groups is 2. The van der Waals surface area contributed by atoms with E-state index in [0.717, 1.165) is 28.3 Å². The van der Waals surface area contributed by atoms with Crippen molar-refractivity contribution in [1.29, 1.82) is 0 Å². The number of ether oxygens (including phenoxy) is 2. The molecule has 0 fully saturated rings. The van der Waals surface area contributed by atoms with Crippen LogP contribution in [0.4, 0.5) is 5.69 Å². The van der Waals surface area contributed by atoms with E-state index in [9.17, 15) is 9.59 Å².